The van der Waals surface area contributed by atoms with Crippen LogP contribution in [0.15, 0.2) is 24.5 Å². The number of nitrogens with two attached hydrogens (primary N) is 1. The van der Waals surface area contributed by atoms with Crippen molar-refractivity contribution in [3.63, 3.8) is 0 Å². The van der Waals surface area contributed by atoms with Gasteiger partial charge in [-0.15, -0.1) is 0 Å². The van der Waals surface area contributed by atoms with Crippen molar-refractivity contribution in [3.05, 3.63) is 30.1 Å². The molecule has 1 aliphatic rings. The van der Waals surface area contributed by atoms with E-state index in [0.29, 0.717) is 17.2 Å². The fourth-order valence-electron chi connectivity index (χ4n) is 2.40. The fourth-order valence-corrected chi connectivity index (χ4v) is 2.40. The lowest BCUT2D eigenvalue weighted by Crippen LogP contribution is -2.18. The number of nitrogens with zero attached hydrogens (tertiary/aromatic N) is 3. The zero-order valence-electron chi connectivity index (χ0n) is 11.3. The predicted molar refractivity (Wildman–Crippen MR) is 72.2 cm³/mol. The van der Waals surface area contributed by atoms with Gasteiger partial charge in [0.2, 0.25) is 0 Å². The summed E-state index contributed by atoms with van der Waals surface area (Å²) in [5.41, 5.74) is 5.17. The summed E-state index contributed by atoms with van der Waals surface area (Å²) in [5, 5.41) is 4.32. The van der Waals surface area contributed by atoms with Crippen LogP contribution < -0.4 is 5.73 Å². The van der Waals surface area contributed by atoms with Crippen LogP contribution in [-0.4, -0.2) is 14.8 Å². The van der Waals surface area contributed by atoms with E-state index in [2.05, 4.69) is 10.1 Å². The summed E-state index contributed by atoms with van der Waals surface area (Å²) in [5.74, 6) is 0.119. The van der Waals surface area contributed by atoms with E-state index < -0.39 is 17.6 Å². The standard InChI is InChI=1S/C14H15F3N4/c15-14(16,17)11-6-10(7-19-13(11)18)12-4-5-21(20-12)8-9-2-1-3-9/h4-7,9H,1-3,8H2,(H2,18,19). The highest BCUT2D eigenvalue weighted by Crippen LogP contribution is 2.35. The van der Waals surface area contributed by atoms with Gasteiger partial charge in [-0.05, 0) is 30.9 Å². The van der Waals surface area contributed by atoms with Crippen LogP contribution in [0.4, 0.5) is 19.0 Å². The Morgan fingerprint density at radius 1 is 1.33 bits per heavy atom. The smallest absolute Gasteiger partial charge is 0.383 e. The minimum Gasteiger partial charge on any atom is -0.383 e. The molecular formula is C14H15F3N4. The molecule has 1 fully saturated rings. The van der Waals surface area contributed by atoms with Crippen LogP contribution in [0.3, 0.4) is 0 Å². The van der Waals surface area contributed by atoms with Crippen LogP contribution >= 0.6 is 0 Å². The normalized spacial score (nSPS) is 16.0. The molecule has 1 saturated carbocycles. The molecular weight excluding hydrogens is 281 g/mol. The number of pyridine rings is 1. The van der Waals surface area contributed by atoms with E-state index in [0.717, 1.165) is 12.6 Å². The van der Waals surface area contributed by atoms with Gasteiger partial charge < -0.3 is 5.73 Å². The Kier molecular flexibility index (Phi) is 3.35. The molecule has 0 radical (unpaired) electrons. The van der Waals surface area contributed by atoms with E-state index in [1.54, 1.807) is 16.9 Å². The molecule has 0 atom stereocenters. The van der Waals surface area contributed by atoms with Crippen LogP contribution in [0.2, 0.25) is 0 Å². The quantitative estimate of drug-likeness (QED) is 0.945. The lowest BCUT2D eigenvalue weighted by atomic mass is 9.85. The van der Waals surface area contributed by atoms with Gasteiger partial charge in [0.05, 0.1) is 11.3 Å². The van der Waals surface area contributed by atoms with Crippen molar-refractivity contribution in [2.45, 2.75) is 32.0 Å². The van der Waals surface area contributed by atoms with Crippen molar-refractivity contribution in [2.24, 2.45) is 5.92 Å². The second-order valence-electron chi connectivity index (χ2n) is 5.37. The monoisotopic (exact) mass is 296 g/mol. The van der Waals surface area contributed by atoms with Crippen molar-refractivity contribution in [1.29, 1.82) is 0 Å². The molecule has 1 aliphatic carbocycles. The molecule has 0 unspecified atom stereocenters. The second-order valence-corrected chi connectivity index (χ2v) is 5.37. The van der Waals surface area contributed by atoms with Gasteiger partial charge in [0.1, 0.15) is 5.82 Å². The number of aromatic nitrogens is 3. The Labute approximate surface area is 119 Å². The average molecular weight is 296 g/mol. The van der Waals surface area contributed by atoms with Crippen molar-refractivity contribution < 1.29 is 13.2 Å². The molecule has 2 heterocycles. The van der Waals surface area contributed by atoms with Gasteiger partial charge in [-0.25, -0.2) is 4.98 Å². The Hall–Kier alpha value is -2.05. The molecule has 0 aromatic carbocycles. The largest absolute Gasteiger partial charge is 0.419 e. The summed E-state index contributed by atoms with van der Waals surface area (Å²) in [4.78, 5) is 3.63. The molecule has 112 valence electrons. The van der Waals surface area contributed by atoms with Crippen LogP contribution in [0, 0.1) is 5.92 Å². The Morgan fingerprint density at radius 2 is 2.10 bits per heavy atom. The summed E-state index contributed by atoms with van der Waals surface area (Å²) in [6.07, 6.45) is 2.22. The molecule has 21 heavy (non-hydrogen) atoms. The molecule has 0 aliphatic heterocycles. The summed E-state index contributed by atoms with van der Waals surface area (Å²) >= 11 is 0. The van der Waals surface area contributed by atoms with Crippen molar-refractivity contribution >= 4 is 5.82 Å². The number of hydrogen-bond acceptors (Lipinski definition) is 3. The first-order chi connectivity index (χ1) is 9.93. The first kappa shape index (κ1) is 13.9. The first-order valence-corrected chi connectivity index (χ1v) is 6.80. The highest BCUT2D eigenvalue weighted by atomic mass is 19.4. The average Bonchev–Trinajstić information content (AvgIpc) is 2.81. The molecule has 0 amide bonds. The van der Waals surface area contributed by atoms with Gasteiger partial charge in [-0.2, -0.15) is 18.3 Å². The summed E-state index contributed by atoms with van der Waals surface area (Å²) in [6, 6.07) is 2.70. The van der Waals surface area contributed by atoms with Crippen molar-refractivity contribution in [1.82, 2.24) is 14.8 Å². The van der Waals surface area contributed by atoms with Crippen LogP contribution in [0.25, 0.3) is 11.3 Å². The maximum Gasteiger partial charge on any atom is 0.419 e. The highest BCUT2D eigenvalue weighted by molar-refractivity contribution is 5.61. The molecule has 0 bridgehead atoms. The minimum atomic E-state index is -4.51. The fraction of sp³-hybridized carbons (Fsp3) is 0.429. The number of alkyl halides is 3. The topological polar surface area (TPSA) is 56.7 Å². The lowest BCUT2D eigenvalue weighted by molar-refractivity contribution is -0.137. The molecule has 2 N–H and O–H groups in total. The second kappa shape index (κ2) is 5.05. The van der Waals surface area contributed by atoms with Gasteiger partial charge in [-0.3, -0.25) is 4.68 Å². The summed E-state index contributed by atoms with van der Waals surface area (Å²) in [7, 11) is 0. The van der Waals surface area contributed by atoms with E-state index in [9.17, 15) is 13.2 Å². The third kappa shape index (κ3) is 2.86. The van der Waals surface area contributed by atoms with Gasteiger partial charge in [0.25, 0.3) is 0 Å². The Morgan fingerprint density at radius 3 is 2.71 bits per heavy atom. The van der Waals surface area contributed by atoms with Crippen LogP contribution in [0.5, 0.6) is 0 Å². The maximum absolute atomic E-state index is 12.8. The maximum atomic E-state index is 12.8. The molecule has 7 heteroatoms. The van der Waals surface area contributed by atoms with Gasteiger partial charge >= 0.3 is 6.18 Å². The predicted octanol–water partition coefficient (Wildman–Crippen LogP) is 3.35. The van der Waals surface area contributed by atoms with Crippen LogP contribution in [0.1, 0.15) is 24.8 Å². The Balaban J connectivity index is 1.86. The van der Waals surface area contributed by atoms with E-state index in [1.165, 1.54) is 25.5 Å². The van der Waals surface area contributed by atoms with E-state index in [4.69, 9.17) is 5.73 Å². The Bertz CT molecular complexity index is 644. The third-order valence-electron chi connectivity index (χ3n) is 3.83. The number of halogens is 3. The minimum absolute atomic E-state index is 0.323. The molecule has 3 rings (SSSR count). The lowest BCUT2D eigenvalue weighted by Gasteiger charge is -2.24. The number of hydrogen-bond donors (Lipinski definition) is 1. The van der Waals surface area contributed by atoms with Crippen molar-refractivity contribution in [2.75, 3.05) is 5.73 Å². The summed E-state index contributed by atoms with van der Waals surface area (Å²) in [6.45, 7) is 0.814. The molecule has 4 nitrogen and oxygen atoms in total. The van der Waals surface area contributed by atoms with E-state index in [1.807, 2.05) is 0 Å². The van der Waals surface area contributed by atoms with E-state index in [-0.39, 0.29) is 0 Å². The summed E-state index contributed by atoms with van der Waals surface area (Å²) < 4.78 is 40.3. The third-order valence-corrected chi connectivity index (χ3v) is 3.83. The SMILES string of the molecule is Nc1ncc(-c2ccn(CC3CCC3)n2)cc1C(F)(F)F. The zero-order chi connectivity index (χ0) is 15.0. The van der Waals surface area contributed by atoms with Gasteiger partial charge in [0.15, 0.2) is 0 Å². The molecule has 2 aromatic rings. The number of nitrogen functional groups attached to an aromatic ring is 1. The number of anilines is 1. The molecule has 0 saturated heterocycles. The van der Waals surface area contributed by atoms with Gasteiger partial charge in [-0.1, -0.05) is 6.42 Å². The highest BCUT2D eigenvalue weighted by Gasteiger charge is 2.34. The molecule has 2 aromatic heterocycles. The first-order valence-electron chi connectivity index (χ1n) is 6.80. The zero-order valence-corrected chi connectivity index (χ0v) is 11.3. The van der Waals surface area contributed by atoms with Gasteiger partial charge in [0, 0.05) is 24.5 Å². The molecule has 0 spiro atoms. The van der Waals surface area contributed by atoms with E-state index >= 15 is 0 Å². The van der Waals surface area contributed by atoms with Crippen molar-refractivity contribution in [3.8, 4) is 11.3 Å². The number of rotatable bonds is 3. The van der Waals surface area contributed by atoms with Crippen LogP contribution in [-0.2, 0) is 12.7 Å².